The molecular weight excluding hydrogens is 525 g/mol. The molecule has 3 unspecified atom stereocenters. The monoisotopic (exact) mass is 561 g/mol. The molecule has 0 radical (unpaired) electrons. The Kier molecular flexibility index (Phi) is 8.56. The molecule has 2 aliphatic rings. The SMILES string of the molecule is CCC1(CCC[n+]2ccccc2C2N=C(C(F)(F)F)N=[N+]2C)NC=CC=CCc2c(F)cc(F)cc2C1(C)CC. The minimum absolute atomic E-state index is 0.352. The molecule has 3 atom stereocenters. The van der Waals surface area contributed by atoms with Crippen molar-refractivity contribution in [1.82, 2.24) is 5.32 Å². The minimum atomic E-state index is -4.62. The third kappa shape index (κ3) is 5.58. The fourth-order valence-corrected chi connectivity index (χ4v) is 6.09. The molecule has 5 nitrogen and oxygen atoms in total. The Hall–Kier alpha value is -3.43. The van der Waals surface area contributed by atoms with Crippen molar-refractivity contribution in [3.63, 3.8) is 0 Å². The number of rotatable bonds is 7. The highest BCUT2D eigenvalue weighted by Gasteiger charge is 2.49. The highest BCUT2D eigenvalue weighted by molar-refractivity contribution is 5.88. The summed E-state index contributed by atoms with van der Waals surface area (Å²) in [7, 11) is 1.48. The van der Waals surface area contributed by atoms with Gasteiger partial charge in [0, 0.05) is 40.7 Å². The van der Waals surface area contributed by atoms with Crippen molar-refractivity contribution in [2.24, 2.45) is 10.1 Å². The van der Waals surface area contributed by atoms with Crippen LogP contribution in [-0.2, 0) is 18.4 Å². The Labute approximate surface area is 231 Å². The Morgan fingerprint density at radius 1 is 1.10 bits per heavy atom. The van der Waals surface area contributed by atoms with Crippen LogP contribution in [0.4, 0.5) is 22.0 Å². The first-order valence-electron chi connectivity index (χ1n) is 13.6. The van der Waals surface area contributed by atoms with Crippen LogP contribution in [0.5, 0.6) is 0 Å². The van der Waals surface area contributed by atoms with Crippen LogP contribution in [0.2, 0.25) is 0 Å². The van der Waals surface area contributed by atoms with Gasteiger partial charge in [0.15, 0.2) is 13.2 Å². The van der Waals surface area contributed by atoms with Crippen LogP contribution < -0.4 is 9.88 Å². The van der Waals surface area contributed by atoms with E-state index in [1.165, 1.54) is 17.8 Å². The molecule has 1 N–H and O–H groups in total. The Morgan fingerprint density at radius 2 is 1.88 bits per heavy atom. The summed E-state index contributed by atoms with van der Waals surface area (Å²) in [4.78, 5) is 3.85. The predicted molar refractivity (Wildman–Crippen MR) is 143 cm³/mol. The van der Waals surface area contributed by atoms with Crippen molar-refractivity contribution in [1.29, 1.82) is 0 Å². The summed E-state index contributed by atoms with van der Waals surface area (Å²) < 4.78 is 72.7. The summed E-state index contributed by atoms with van der Waals surface area (Å²) >= 11 is 0. The fourth-order valence-electron chi connectivity index (χ4n) is 6.09. The van der Waals surface area contributed by atoms with Gasteiger partial charge >= 0.3 is 18.2 Å². The van der Waals surface area contributed by atoms with Gasteiger partial charge in [0.25, 0.3) is 5.69 Å². The van der Waals surface area contributed by atoms with Gasteiger partial charge in [-0.15, -0.1) is 0 Å². The second-order valence-electron chi connectivity index (χ2n) is 10.6. The Bertz CT molecular complexity index is 1360. The lowest BCUT2D eigenvalue weighted by molar-refractivity contribution is -0.728. The van der Waals surface area contributed by atoms with E-state index in [0.717, 1.165) is 6.07 Å². The molecule has 1 aromatic heterocycles. The number of azo groups is 2. The number of hydrogen-bond acceptors (Lipinski definition) is 3. The van der Waals surface area contributed by atoms with Crippen molar-refractivity contribution in [3.05, 3.63) is 89.4 Å². The smallest absolute Gasteiger partial charge is 0.385 e. The molecule has 214 valence electrons. The van der Waals surface area contributed by atoms with Gasteiger partial charge in [-0.25, -0.2) is 8.78 Å². The molecule has 3 heterocycles. The van der Waals surface area contributed by atoms with Crippen molar-refractivity contribution in [3.8, 4) is 0 Å². The second kappa shape index (κ2) is 11.6. The first kappa shape index (κ1) is 29.6. The van der Waals surface area contributed by atoms with E-state index in [2.05, 4.69) is 29.3 Å². The first-order chi connectivity index (χ1) is 19.0. The summed E-state index contributed by atoms with van der Waals surface area (Å²) in [6, 6.07) is 7.76. The number of benzene rings is 1. The standard InChI is InChI=1S/C30H36F5N5/c1-5-28(3)23-19-21(31)20-24(32)22(23)13-8-7-10-16-36-29(28,6-2)15-12-18-40-17-11-9-14-25(40)26-37-27(30(33,34)35)38-39(26)4/h7-11,14,16-17,19-20,26,36H,5-6,12-13,15,18H2,1-4H3/q+2. The number of fused-ring (bicyclic) bond motifs is 1. The van der Waals surface area contributed by atoms with Crippen LogP contribution >= 0.6 is 0 Å². The van der Waals surface area contributed by atoms with Gasteiger partial charge in [-0.2, -0.15) is 22.7 Å². The number of nitrogens with one attached hydrogen (secondary N) is 1. The van der Waals surface area contributed by atoms with Crippen LogP contribution in [0.25, 0.3) is 0 Å². The van der Waals surface area contributed by atoms with Crippen LogP contribution in [0.3, 0.4) is 0 Å². The number of nitrogens with zero attached hydrogens (tertiary/aromatic N) is 4. The van der Waals surface area contributed by atoms with Crippen molar-refractivity contribution < 1.29 is 31.2 Å². The van der Waals surface area contributed by atoms with Gasteiger partial charge < -0.3 is 5.32 Å². The summed E-state index contributed by atoms with van der Waals surface area (Å²) in [5.74, 6) is -2.31. The summed E-state index contributed by atoms with van der Waals surface area (Å²) in [5, 5.41) is 7.20. The number of allylic oxidation sites excluding steroid dienone is 3. The number of aryl methyl sites for hydroxylation is 1. The number of aromatic nitrogens is 1. The third-order valence-electron chi connectivity index (χ3n) is 8.49. The molecule has 1 aromatic carbocycles. The Morgan fingerprint density at radius 3 is 2.55 bits per heavy atom. The molecule has 40 heavy (non-hydrogen) atoms. The van der Waals surface area contributed by atoms with Crippen molar-refractivity contribution in [2.75, 3.05) is 7.05 Å². The maximum Gasteiger partial charge on any atom is 0.457 e. The quantitative estimate of drug-likeness (QED) is 0.292. The zero-order valence-corrected chi connectivity index (χ0v) is 23.3. The first-order valence-corrected chi connectivity index (χ1v) is 13.6. The van der Waals surface area contributed by atoms with Gasteiger partial charge in [-0.05, 0) is 61.2 Å². The fraction of sp³-hybridized carbons (Fsp3) is 0.467. The van der Waals surface area contributed by atoms with E-state index in [1.54, 1.807) is 12.1 Å². The predicted octanol–water partition coefficient (Wildman–Crippen LogP) is 6.83. The third-order valence-corrected chi connectivity index (χ3v) is 8.49. The molecule has 0 fully saturated rings. The lowest BCUT2D eigenvalue weighted by Crippen LogP contribution is -2.58. The van der Waals surface area contributed by atoms with E-state index < -0.39 is 40.8 Å². The molecule has 0 aliphatic carbocycles. The molecule has 0 saturated carbocycles. The van der Waals surface area contributed by atoms with Gasteiger partial charge in [0.05, 0.1) is 0 Å². The largest absolute Gasteiger partial charge is 0.457 e. The second-order valence-corrected chi connectivity index (χ2v) is 10.6. The van der Waals surface area contributed by atoms with Gasteiger partial charge in [-0.1, -0.05) is 37.6 Å². The molecule has 0 bridgehead atoms. The zero-order chi connectivity index (χ0) is 29.1. The van der Waals surface area contributed by atoms with E-state index in [-0.39, 0.29) is 0 Å². The number of amidine groups is 1. The average molecular weight is 562 g/mol. The zero-order valence-electron chi connectivity index (χ0n) is 23.3. The molecular formula is C30H36F5N5+2. The van der Waals surface area contributed by atoms with Crippen molar-refractivity contribution >= 4 is 5.84 Å². The topological polar surface area (TPSA) is 43.6 Å². The normalized spacial score (nSPS) is 24.8. The number of halogens is 5. The summed E-state index contributed by atoms with van der Waals surface area (Å²) in [6.07, 6.45) is 6.74. The lowest BCUT2D eigenvalue weighted by atomic mass is 9.60. The van der Waals surface area contributed by atoms with E-state index in [0.29, 0.717) is 55.5 Å². The number of pyridine rings is 1. The number of hydrogen-bond donors (Lipinski definition) is 1. The maximum atomic E-state index is 15.1. The van der Waals surface area contributed by atoms with Crippen LogP contribution in [0.15, 0.2) is 71.1 Å². The highest BCUT2D eigenvalue weighted by atomic mass is 19.4. The summed E-state index contributed by atoms with van der Waals surface area (Å²) in [6.45, 7) is 6.66. The molecule has 2 aliphatic heterocycles. The molecule has 10 heteroatoms. The number of alkyl halides is 3. The van der Waals surface area contributed by atoms with Gasteiger partial charge in [0.2, 0.25) is 0 Å². The van der Waals surface area contributed by atoms with E-state index in [1.807, 2.05) is 48.2 Å². The van der Waals surface area contributed by atoms with E-state index >= 15 is 4.39 Å². The van der Waals surface area contributed by atoms with Crippen LogP contribution in [-0.4, -0.2) is 29.3 Å². The maximum absolute atomic E-state index is 15.1. The molecule has 0 amide bonds. The van der Waals surface area contributed by atoms with Gasteiger partial charge in [0.1, 0.15) is 18.2 Å². The minimum Gasteiger partial charge on any atom is -0.385 e. The van der Waals surface area contributed by atoms with E-state index in [4.69, 9.17) is 0 Å². The highest BCUT2D eigenvalue weighted by Crippen LogP contribution is 2.46. The molecule has 0 spiro atoms. The average Bonchev–Trinajstić information content (AvgIpc) is 3.31. The molecule has 0 saturated heterocycles. The van der Waals surface area contributed by atoms with Crippen LogP contribution in [0, 0.1) is 11.6 Å². The van der Waals surface area contributed by atoms with Crippen molar-refractivity contribution in [2.45, 2.75) is 82.7 Å². The Balaban J connectivity index is 1.68. The van der Waals surface area contributed by atoms with E-state index in [9.17, 15) is 17.6 Å². The lowest BCUT2D eigenvalue weighted by Gasteiger charge is -2.50. The molecule has 4 rings (SSSR count). The van der Waals surface area contributed by atoms with Gasteiger partial charge in [-0.3, -0.25) is 0 Å². The molecule has 2 aromatic rings. The summed E-state index contributed by atoms with van der Waals surface area (Å²) in [5.41, 5.74) is 0.543. The van der Waals surface area contributed by atoms with Crippen LogP contribution in [0.1, 0.15) is 69.4 Å². The number of aliphatic imine (C=N–C) groups is 1.